The molecule has 3 aromatic rings. The molecule has 214 valence electrons. The van der Waals surface area contributed by atoms with E-state index in [1.165, 1.54) is 11.0 Å². The highest BCUT2D eigenvalue weighted by Gasteiger charge is 2.38. The normalized spacial score (nSPS) is 14.6. The Kier molecular flexibility index (Phi) is 10.2. The van der Waals surface area contributed by atoms with E-state index >= 15 is 0 Å². The van der Waals surface area contributed by atoms with Crippen LogP contribution >= 0.6 is 11.6 Å². The molecule has 39 heavy (non-hydrogen) atoms. The summed E-state index contributed by atoms with van der Waals surface area (Å²) in [7, 11) is 0. The number of aromatic nitrogens is 6. The lowest BCUT2D eigenvalue weighted by Crippen LogP contribution is -2.35. The maximum atomic E-state index is 12.4. The summed E-state index contributed by atoms with van der Waals surface area (Å²) >= 11 is 6.18. The van der Waals surface area contributed by atoms with Crippen molar-refractivity contribution in [1.29, 1.82) is 0 Å². The summed E-state index contributed by atoms with van der Waals surface area (Å²) in [6, 6.07) is 1.64. The lowest BCUT2D eigenvalue weighted by molar-refractivity contribution is -0.192. The maximum Gasteiger partial charge on any atom is 0.490 e. The molecule has 0 radical (unpaired) electrons. The van der Waals surface area contributed by atoms with Crippen molar-refractivity contribution >= 4 is 40.2 Å². The van der Waals surface area contributed by atoms with Crippen LogP contribution < -0.4 is 5.32 Å². The number of rotatable bonds is 8. The van der Waals surface area contributed by atoms with Gasteiger partial charge in [0.25, 0.3) is 0 Å². The van der Waals surface area contributed by atoms with Crippen molar-refractivity contribution < 1.29 is 45.7 Å². The number of hydrogen-bond donors (Lipinski definition) is 2. The van der Waals surface area contributed by atoms with E-state index in [-0.39, 0.29) is 18.4 Å². The first kappa shape index (κ1) is 30.2. The predicted octanol–water partition coefficient (Wildman–Crippen LogP) is 3.06. The van der Waals surface area contributed by atoms with Gasteiger partial charge in [-0.2, -0.15) is 36.4 Å². The SMILES string of the molecule is FC(F)(F)COCCn1nc(CN2CCOCC2)c2nc(Cl)nc(Nc3ccncn3)c21.O=C(O)C(F)(F)F. The summed E-state index contributed by atoms with van der Waals surface area (Å²) < 4.78 is 80.7. The highest BCUT2D eigenvalue weighted by Crippen LogP contribution is 2.28. The molecule has 1 saturated heterocycles. The number of nitrogens with zero attached hydrogens (tertiary/aromatic N) is 7. The largest absolute Gasteiger partial charge is 0.490 e. The van der Waals surface area contributed by atoms with Crippen LogP contribution in [-0.2, 0) is 27.4 Å². The molecule has 0 bridgehead atoms. The smallest absolute Gasteiger partial charge is 0.475 e. The van der Waals surface area contributed by atoms with Crippen LogP contribution in [0.1, 0.15) is 5.69 Å². The van der Waals surface area contributed by atoms with Gasteiger partial charge < -0.3 is 19.9 Å². The minimum absolute atomic E-state index is 0.00477. The van der Waals surface area contributed by atoms with Crippen LogP contribution in [-0.4, -0.2) is 97.6 Å². The molecule has 0 amide bonds. The number of halogens is 7. The molecule has 0 unspecified atom stereocenters. The van der Waals surface area contributed by atoms with Crippen LogP contribution in [0.4, 0.5) is 38.0 Å². The fraction of sp³-hybridized carbons (Fsp3) is 0.500. The second-order valence-electron chi connectivity index (χ2n) is 7.79. The topological polar surface area (TPSA) is 140 Å². The number of alkyl halides is 6. The van der Waals surface area contributed by atoms with E-state index in [1.54, 1.807) is 12.3 Å². The predicted molar refractivity (Wildman–Crippen MR) is 122 cm³/mol. The number of aliphatic carboxylic acids is 1. The Hall–Kier alpha value is -3.35. The van der Waals surface area contributed by atoms with E-state index in [0.29, 0.717) is 48.1 Å². The summed E-state index contributed by atoms with van der Waals surface area (Å²) in [5, 5.41) is 14.8. The van der Waals surface area contributed by atoms with E-state index in [2.05, 4.69) is 35.3 Å². The van der Waals surface area contributed by atoms with Crippen molar-refractivity contribution in [3.63, 3.8) is 0 Å². The first-order valence-electron chi connectivity index (χ1n) is 11.0. The van der Waals surface area contributed by atoms with Gasteiger partial charge in [-0.3, -0.25) is 9.58 Å². The van der Waals surface area contributed by atoms with Crippen LogP contribution in [0.3, 0.4) is 0 Å². The monoisotopic (exact) mass is 586 g/mol. The molecule has 0 aliphatic carbocycles. The van der Waals surface area contributed by atoms with Crippen molar-refractivity contribution in [3.8, 4) is 0 Å². The van der Waals surface area contributed by atoms with Gasteiger partial charge in [0, 0.05) is 25.8 Å². The average molecular weight is 587 g/mol. The number of ether oxygens (including phenoxy) is 2. The average Bonchev–Trinajstić information content (AvgIpc) is 3.19. The van der Waals surface area contributed by atoms with Crippen LogP contribution in [0.15, 0.2) is 18.6 Å². The number of carboxylic acids is 1. The molecule has 0 saturated carbocycles. The molecule has 2 N–H and O–H groups in total. The summed E-state index contributed by atoms with van der Waals surface area (Å²) in [6.45, 7) is 1.71. The Labute approximate surface area is 220 Å². The molecule has 4 rings (SSSR count). The van der Waals surface area contributed by atoms with Crippen molar-refractivity contribution in [2.24, 2.45) is 0 Å². The van der Waals surface area contributed by atoms with Gasteiger partial charge in [-0.05, 0) is 17.7 Å². The summed E-state index contributed by atoms with van der Waals surface area (Å²) in [4.78, 5) is 27.6. The van der Waals surface area contributed by atoms with E-state index in [4.69, 9.17) is 31.0 Å². The quantitative estimate of drug-likeness (QED) is 0.229. The second kappa shape index (κ2) is 13.1. The Morgan fingerprint density at radius 2 is 1.87 bits per heavy atom. The van der Waals surface area contributed by atoms with Crippen LogP contribution in [0.2, 0.25) is 5.28 Å². The lowest BCUT2D eigenvalue weighted by Gasteiger charge is -2.25. The molecule has 1 aliphatic rings. The molecule has 19 heteroatoms. The maximum absolute atomic E-state index is 12.4. The van der Waals surface area contributed by atoms with Gasteiger partial charge in [-0.15, -0.1) is 0 Å². The molecule has 1 fully saturated rings. The van der Waals surface area contributed by atoms with E-state index in [0.717, 1.165) is 13.1 Å². The fourth-order valence-electron chi connectivity index (χ4n) is 3.27. The van der Waals surface area contributed by atoms with Crippen LogP contribution in [0.25, 0.3) is 11.0 Å². The Morgan fingerprint density at radius 3 is 2.46 bits per heavy atom. The third kappa shape index (κ3) is 9.41. The van der Waals surface area contributed by atoms with Gasteiger partial charge in [0.2, 0.25) is 5.28 Å². The zero-order chi connectivity index (χ0) is 28.6. The molecule has 0 spiro atoms. The number of carboxylic acid groups (broad SMARTS) is 1. The van der Waals surface area contributed by atoms with Crippen LogP contribution in [0, 0.1) is 0 Å². The van der Waals surface area contributed by atoms with Crippen LogP contribution in [0.5, 0.6) is 0 Å². The Morgan fingerprint density at radius 1 is 1.18 bits per heavy atom. The van der Waals surface area contributed by atoms with Crippen molar-refractivity contribution in [2.45, 2.75) is 25.4 Å². The van der Waals surface area contributed by atoms with Gasteiger partial charge >= 0.3 is 18.3 Å². The number of nitrogens with one attached hydrogen (secondary N) is 1. The fourth-order valence-corrected chi connectivity index (χ4v) is 3.44. The number of morpholine rings is 1. The first-order chi connectivity index (χ1) is 18.3. The number of anilines is 2. The molecular formula is C20H21ClF6N8O4. The molecular weight excluding hydrogens is 566 g/mol. The Balaban J connectivity index is 0.000000532. The summed E-state index contributed by atoms with van der Waals surface area (Å²) in [5.74, 6) is -1.96. The highest BCUT2D eigenvalue weighted by atomic mass is 35.5. The van der Waals surface area contributed by atoms with Gasteiger partial charge in [0.1, 0.15) is 35.5 Å². The van der Waals surface area contributed by atoms with E-state index in [9.17, 15) is 26.3 Å². The third-order valence-electron chi connectivity index (χ3n) is 4.89. The highest BCUT2D eigenvalue weighted by molar-refractivity contribution is 6.28. The van der Waals surface area contributed by atoms with Gasteiger partial charge in [-0.1, -0.05) is 0 Å². The van der Waals surface area contributed by atoms with Crippen molar-refractivity contribution in [3.05, 3.63) is 29.6 Å². The summed E-state index contributed by atoms with van der Waals surface area (Å²) in [5.41, 5.74) is 1.63. The molecule has 1 aliphatic heterocycles. The minimum Gasteiger partial charge on any atom is -0.475 e. The second-order valence-corrected chi connectivity index (χ2v) is 8.13. The number of fused-ring (bicyclic) bond motifs is 1. The number of hydrogen-bond acceptors (Lipinski definition) is 10. The third-order valence-corrected chi connectivity index (χ3v) is 5.06. The van der Waals surface area contributed by atoms with E-state index in [1.807, 2.05) is 0 Å². The van der Waals surface area contributed by atoms with Gasteiger partial charge in [-0.25, -0.2) is 19.7 Å². The molecule has 0 aromatic carbocycles. The lowest BCUT2D eigenvalue weighted by atomic mass is 10.3. The standard InChI is InChI=1S/C18H20ClF3N8O2.C2HF3O2/c19-17-26-14-12(9-29-3-6-31-7-4-29)28-30(5-8-32-10-18(20,21)22)15(14)16(27-17)25-13-1-2-23-11-24-13;3-2(4,5)1(6)7/h1-2,11H,3-10H2,(H,23,24,25,26,27);(H,6,7). The van der Waals surface area contributed by atoms with Crippen molar-refractivity contribution in [1.82, 2.24) is 34.6 Å². The zero-order valence-electron chi connectivity index (χ0n) is 19.8. The first-order valence-corrected chi connectivity index (χ1v) is 11.4. The summed E-state index contributed by atoms with van der Waals surface area (Å²) in [6.07, 6.45) is -6.56. The van der Waals surface area contributed by atoms with E-state index < -0.39 is 24.9 Å². The van der Waals surface area contributed by atoms with Gasteiger partial charge in [0.05, 0.1) is 26.4 Å². The molecule has 4 heterocycles. The zero-order valence-corrected chi connectivity index (χ0v) is 20.6. The molecule has 12 nitrogen and oxygen atoms in total. The number of carbonyl (C=O) groups is 1. The molecule has 0 atom stereocenters. The Bertz CT molecular complexity index is 1240. The minimum atomic E-state index is -5.08. The van der Waals surface area contributed by atoms with Gasteiger partial charge in [0.15, 0.2) is 5.82 Å². The molecule has 3 aromatic heterocycles. The van der Waals surface area contributed by atoms with Crippen molar-refractivity contribution in [2.75, 3.05) is 44.8 Å².